The van der Waals surface area contributed by atoms with Gasteiger partial charge in [-0.05, 0) is 55.4 Å². The molecule has 4 nitrogen and oxygen atoms in total. The van der Waals surface area contributed by atoms with Crippen LogP contribution in [0.4, 0.5) is 11.5 Å². The maximum atomic E-state index is 5.54. The maximum absolute atomic E-state index is 5.54. The van der Waals surface area contributed by atoms with Gasteiger partial charge in [-0.25, -0.2) is 4.98 Å². The van der Waals surface area contributed by atoms with Crippen molar-refractivity contribution in [2.24, 2.45) is 11.8 Å². The van der Waals surface area contributed by atoms with Crippen molar-refractivity contribution in [2.45, 2.75) is 31.7 Å². The number of nitrogens with two attached hydrogens (primary N) is 1. The van der Waals surface area contributed by atoms with Gasteiger partial charge in [0.1, 0.15) is 5.82 Å². The number of hydrogen-bond donors (Lipinski definition) is 3. The third-order valence-corrected chi connectivity index (χ3v) is 4.32. The first-order chi connectivity index (χ1) is 8.70. The van der Waals surface area contributed by atoms with Crippen molar-refractivity contribution in [1.29, 1.82) is 0 Å². The van der Waals surface area contributed by atoms with E-state index in [1.54, 1.807) is 12.3 Å². The lowest BCUT2D eigenvalue weighted by atomic mass is 9.96. The summed E-state index contributed by atoms with van der Waals surface area (Å²) in [7, 11) is 0. The lowest BCUT2D eigenvalue weighted by Crippen LogP contribution is -2.40. The summed E-state index contributed by atoms with van der Waals surface area (Å²) >= 11 is 5.34. The Morgan fingerprint density at radius 1 is 1.33 bits per heavy atom. The summed E-state index contributed by atoms with van der Waals surface area (Å²) in [5, 5.41) is 7.29. The lowest BCUT2D eigenvalue weighted by Gasteiger charge is -2.24. The van der Waals surface area contributed by atoms with Crippen LogP contribution >= 0.6 is 12.2 Å². The standard InChI is InChI=1S/C13H18N4S/c14-12-4-3-10(7-15-12)16-13(18)17-11-6-8-1-2-9(11)5-8/h3-4,7-9,11H,1-2,5-6H2,(H2,14,15)(H2,16,17,18)/t8-,9+,11-/m1/s1. The Kier molecular flexibility index (Phi) is 3.07. The Balaban J connectivity index is 1.54. The third-order valence-electron chi connectivity index (χ3n) is 4.10. The van der Waals surface area contributed by atoms with Gasteiger partial charge in [0, 0.05) is 6.04 Å². The first-order valence-electron chi connectivity index (χ1n) is 6.50. The Hall–Kier alpha value is -1.36. The van der Waals surface area contributed by atoms with E-state index in [0.717, 1.165) is 17.5 Å². The minimum atomic E-state index is 0.521. The van der Waals surface area contributed by atoms with Gasteiger partial charge in [-0.1, -0.05) is 6.42 Å². The normalized spacial score (nSPS) is 29.2. The number of nitrogens with zero attached hydrogens (tertiary/aromatic N) is 1. The van der Waals surface area contributed by atoms with Crippen LogP contribution in [-0.2, 0) is 0 Å². The third kappa shape index (κ3) is 2.41. The summed E-state index contributed by atoms with van der Waals surface area (Å²) in [6, 6.07) is 4.21. The number of fused-ring (bicyclic) bond motifs is 2. The predicted molar refractivity (Wildman–Crippen MR) is 77.2 cm³/mol. The second-order valence-electron chi connectivity index (χ2n) is 5.35. The van der Waals surface area contributed by atoms with Crippen molar-refractivity contribution < 1.29 is 0 Å². The van der Waals surface area contributed by atoms with Gasteiger partial charge in [0.05, 0.1) is 11.9 Å². The van der Waals surface area contributed by atoms with Gasteiger partial charge in [0.2, 0.25) is 0 Å². The van der Waals surface area contributed by atoms with E-state index in [9.17, 15) is 0 Å². The van der Waals surface area contributed by atoms with Gasteiger partial charge < -0.3 is 16.4 Å². The van der Waals surface area contributed by atoms with E-state index < -0.39 is 0 Å². The molecule has 5 heteroatoms. The summed E-state index contributed by atoms with van der Waals surface area (Å²) in [4.78, 5) is 4.03. The zero-order valence-corrected chi connectivity index (χ0v) is 11.0. The Bertz CT molecular complexity index is 445. The van der Waals surface area contributed by atoms with Gasteiger partial charge in [0.25, 0.3) is 0 Å². The molecule has 0 saturated heterocycles. The van der Waals surface area contributed by atoms with Crippen molar-refractivity contribution in [1.82, 2.24) is 10.3 Å². The zero-order chi connectivity index (χ0) is 12.5. The van der Waals surface area contributed by atoms with E-state index in [1.165, 1.54) is 25.7 Å². The fraction of sp³-hybridized carbons (Fsp3) is 0.538. The maximum Gasteiger partial charge on any atom is 0.171 e. The number of pyridine rings is 1. The van der Waals surface area contributed by atoms with Gasteiger partial charge in [0.15, 0.2) is 5.11 Å². The Morgan fingerprint density at radius 2 is 2.22 bits per heavy atom. The highest BCUT2D eigenvalue weighted by molar-refractivity contribution is 7.80. The molecule has 0 aliphatic heterocycles. The summed E-state index contributed by atoms with van der Waals surface area (Å²) in [6.45, 7) is 0. The van der Waals surface area contributed by atoms with E-state index in [0.29, 0.717) is 17.0 Å². The second-order valence-corrected chi connectivity index (χ2v) is 5.76. The molecule has 2 saturated carbocycles. The molecule has 1 heterocycles. The molecule has 3 atom stereocenters. The van der Waals surface area contributed by atoms with Gasteiger partial charge in [-0.2, -0.15) is 0 Å². The van der Waals surface area contributed by atoms with Crippen LogP contribution in [0.15, 0.2) is 18.3 Å². The molecule has 2 aliphatic carbocycles. The minimum absolute atomic E-state index is 0.521. The molecule has 3 rings (SSSR count). The van der Waals surface area contributed by atoms with E-state index in [4.69, 9.17) is 18.0 Å². The van der Waals surface area contributed by atoms with Crippen LogP contribution in [-0.4, -0.2) is 16.1 Å². The molecule has 0 spiro atoms. The summed E-state index contributed by atoms with van der Waals surface area (Å²) in [5.41, 5.74) is 6.42. The second kappa shape index (κ2) is 4.72. The molecule has 0 aromatic carbocycles. The predicted octanol–water partition coefficient (Wildman–Crippen LogP) is 2.14. The van der Waals surface area contributed by atoms with Crippen LogP contribution in [0.3, 0.4) is 0 Å². The largest absolute Gasteiger partial charge is 0.384 e. The van der Waals surface area contributed by atoms with Crippen LogP contribution in [0.2, 0.25) is 0 Å². The van der Waals surface area contributed by atoms with Gasteiger partial charge in [-0.15, -0.1) is 0 Å². The highest BCUT2D eigenvalue weighted by Crippen LogP contribution is 2.44. The monoisotopic (exact) mass is 262 g/mol. The average molecular weight is 262 g/mol. The van der Waals surface area contributed by atoms with E-state index in [1.807, 2.05) is 6.07 Å². The molecule has 0 amide bonds. The topological polar surface area (TPSA) is 63.0 Å². The molecular weight excluding hydrogens is 244 g/mol. The van der Waals surface area contributed by atoms with Gasteiger partial charge in [-0.3, -0.25) is 0 Å². The first kappa shape index (κ1) is 11.7. The fourth-order valence-electron chi connectivity index (χ4n) is 3.24. The number of hydrogen-bond acceptors (Lipinski definition) is 3. The smallest absolute Gasteiger partial charge is 0.171 e. The van der Waals surface area contributed by atoms with Crippen LogP contribution in [0, 0.1) is 11.8 Å². The van der Waals surface area contributed by atoms with Crippen LogP contribution in [0.25, 0.3) is 0 Å². The summed E-state index contributed by atoms with van der Waals surface area (Å²) < 4.78 is 0. The summed E-state index contributed by atoms with van der Waals surface area (Å²) in [5.74, 6) is 2.26. The van der Waals surface area contributed by atoms with Crippen molar-refractivity contribution in [2.75, 3.05) is 11.1 Å². The van der Waals surface area contributed by atoms with E-state index in [-0.39, 0.29) is 0 Å². The van der Waals surface area contributed by atoms with Crippen LogP contribution in [0.1, 0.15) is 25.7 Å². The Morgan fingerprint density at radius 3 is 2.83 bits per heavy atom. The molecule has 2 aliphatic rings. The quantitative estimate of drug-likeness (QED) is 0.713. The number of nitrogen functional groups attached to an aromatic ring is 1. The van der Waals surface area contributed by atoms with Crippen LogP contribution < -0.4 is 16.4 Å². The molecule has 2 bridgehead atoms. The van der Waals surface area contributed by atoms with Gasteiger partial charge >= 0.3 is 0 Å². The molecular formula is C13H18N4S. The molecule has 18 heavy (non-hydrogen) atoms. The number of rotatable bonds is 2. The highest BCUT2D eigenvalue weighted by Gasteiger charge is 2.39. The average Bonchev–Trinajstić information content (AvgIpc) is 2.94. The molecule has 0 unspecified atom stereocenters. The summed E-state index contributed by atoms with van der Waals surface area (Å²) in [6.07, 6.45) is 7.11. The molecule has 2 fully saturated rings. The number of aromatic nitrogens is 1. The van der Waals surface area contributed by atoms with E-state index in [2.05, 4.69) is 15.6 Å². The van der Waals surface area contributed by atoms with E-state index >= 15 is 0 Å². The molecule has 4 N–H and O–H groups in total. The minimum Gasteiger partial charge on any atom is -0.384 e. The van der Waals surface area contributed by atoms with Crippen LogP contribution in [0.5, 0.6) is 0 Å². The highest BCUT2D eigenvalue weighted by atomic mass is 32.1. The Labute approximate surface area is 112 Å². The number of anilines is 2. The lowest BCUT2D eigenvalue weighted by molar-refractivity contribution is 0.392. The molecule has 0 radical (unpaired) electrons. The molecule has 96 valence electrons. The zero-order valence-electron chi connectivity index (χ0n) is 10.2. The van der Waals surface area contributed by atoms with Crippen molar-refractivity contribution in [3.8, 4) is 0 Å². The fourth-order valence-corrected chi connectivity index (χ4v) is 3.51. The van der Waals surface area contributed by atoms with Crippen molar-refractivity contribution in [3.05, 3.63) is 18.3 Å². The molecule has 1 aromatic heterocycles. The first-order valence-corrected chi connectivity index (χ1v) is 6.90. The SMILES string of the molecule is Nc1ccc(NC(=S)N[C@@H]2C[C@@H]3CC[C@H]2C3)cn1. The number of nitrogens with one attached hydrogen (secondary N) is 2. The number of thiocarbonyl (C=S) groups is 1. The molecule has 1 aromatic rings. The van der Waals surface area contributed by atoms with Crippen molar-refractivity contribution in [3.63, 3.8) is 0 Å². The van der Waals surface area contributed by atoms with Crippen molar-refractivity contribution >= 4 is 28.8 Å².